The van der Waals surface area contributed by atoms with Crippen LogP contribution in [0.2, 0.25) is 0 Å². The molecule has 0 spiro atoms. The van der Waals surface area contributed by atoms with E-state index in [2.05, 4.69) is 222 Å². The van der Waals surface area contributed by atoms with Crippen LogP contribution in [0.3, 0.4) is 0 Å². The number of pyridine rings is 1. The molecular formula is C62H66N3OPt-. The molecule has 0 unspecified atom stereocenters. The quantitative estimate of drug-likeness (QED) is 0.169. The minimum Gasteiger partial charge on any atom is -0.507 e. The van der Waals surface area contributed by atoms with Crippen LogP contribution >= 0.6 is 0 Å². The fraction of sp³-hybridized carbons (Fsp3) is 0.323. The molecule has 5 heteroatoms. The number of imidazole rings is 1. The van der Waals surface area contributed by atoms with Crippen molar-refractivity contribution < 1.29 is 26.2 Å². The van der Waals surface area contributed by atoms with Crippen LogP contribution in [0.4, 0.5) is 0 Å². The number of fused-ring (bicyclic) bond motifs is 2. The molecule has 2 heterocycles. The van der Waals surface area contributed by atoms with E-state index >= 15 is 0 Å². The largest absolute Gasteiger partial charge is 0.507 e. The van der Waals surface area contributed by atoms with E-state index < -0.39 is 0 Å². The Labute approximate surface area is 414 Å². The summed E-state index contributed by atoms with van der Waals surface area (Å²) in [5, 5.41) is 12.7. The second-order valence-corrected chi connectivity index (χ2v) is 23.2. The summed E-state index contributed by atoms with van der Waals surface area (Å²) >= 11 is 0. The van der Waals surface area contributed by atoms with Gasteiger partial charge in [-0.1, -0.05) is 186 Å². The van der Waals surface area contributed by atoms with Gasteiger partial charge in [0.1, 0.15) is 11.6 Å². The summed E-state index contributed by atoms with van der Waals surface area (Å²) < 4.78 is 2.35. The number of rotatable bonds is 6. The normalized spacial score (nSPS) is 14.7. The van der Waals surface area contributed by atoms with Crippen molar-refractivity contribution in [3.8, 4) is 67.5 Å². The summed E-state index contributed by atoms with van der Waals surface area (Å²) in [6.07, 6.45) is 4.11. The molecule has 1 aliphatic rings. The number of benzene rings is 6. The molecule has 6 aromatic carbocycles. The number of phenols is 1. The molecule has 0 aliphatic heterocycles. The van der Waals surface area contributed by atoms with E-state index in [9.17, 15) is 5.11 Å². The van der Waals surface area contributed by atoms with Crippen molar-refractivity contribution in [1.82, 2.24) is 14.5 Å². The third-order valence-electron chi connectivity index (χ3n) is 14.2. The smallest absolute Gasteiger partial charge is 0.148 e. The Hall–Kier alpha value is -5.57. The molecule has 346 valence electrons. The van der Waals surface area contributed by atoms with Crippen molar-refractivity contribution in [1.29, 1.82) is 0 Å². The predicted octanol–water partition coefficient (Wildman–Crippen LogP) is 16.5. The van der Waals surface area contributed by atoms with E-state index in [4.69, 9.17) is 9.97 Å². The fourth-order valence-electron chi connectivity index (χ4n) is 9.86. The molecule has 0 saturated heterocycles. The average molecular weight is 1060 g/mol. The predicted molar refractivity (Wildman–Crippen MR) is 278 cm³/mol. The van der Waals surface area contributed by atoms with Gasteiger partial charge in [-0.15, -0.1) is 29.3 Å². The molecular weight excluding hydrogens is 998 g/mol. The Morgan fingerprint density at radius 2 is 1.13 bits per heavy atom. The van der Waals surface area contributed by atoms with Gasteiger partial charge >= 0.3 is 0 Å². The van der Waals surface area contributed by atoms with Gasteiger partial charge in [0.15, 0.2) is 0 Å². The molecule has 9 rings (SSSR count). The van der Waals surface area contributed by atoms with E-state index in [0.29, 0.717) is 5.82 Å². The molecule has 1 aliphatic carbocycles. The van der Waals surface area contributed by atoms with Crippen LogP contribution in [-0.2, 0) is 48.1 Å². The van der Waals surface area contributed by atoms with Gasteiger partial charge in [-0.2, -0.15) is 0 Å². The molecule has 4 nitrogen and oxygen atoms in total. The first kappa shape index (κ1) is 47.9. The van der Waals surface area contributed by atoms with Crippen LogP contribution in [0, 0.1) is 6.07 Å². The van der Waals surface area contributed by atoms with Crippen molar-refractivity contribution in [3.63, 3.8) is 0 Å². The summed E-state index contributed by atoms with van der Waals surface area (Å²) in [6.45, 7) is 29.7. The van der Waals surface area contributed by atoms with Gasteiger partial charge in [-0.25, -0.2) is 4.98 Å². The zero-order valence-electron chi connectivity index (χ0n) is 41.7. The van der Waals surface area contributed by atoms with Crippen LogP contribution in [0.25, 0.3) is 72.7 Å². The number of aromatic hydroxyl groups is 1. The summed E-state index contributed by atoms with van der Waals surface area (Å²) in [7, 11) is 0. The zero-order valence-corrected chi connectivity index (χ0v) is 44.0. The van der Waals surface area contributed by atoms with Crippen LogP contribution < -0.4 is 0 Å². The second-order valence-electron chi connectivity index (χ2n) is 23.2. The van der Waals surface area contributed by atoms with Gasteiger partial charge in [-0.3, -0.25) is 9.55 Å². The summed E-state index contributed by atoms with van der Waals surface area (Å²) in [5.74, 6) is 0.975. The van der Waals surface area contributed by atoms with Crippen LogP contribution in [0.1, 0.15) is 131 Å². The number of para-hydroxylation sites is 1. The Kier molecular flexibility index (Phi) is 12.3. The SMILES string of the molecule is CC(C)(C)c1cc(-c2cc(-c3ccccc3)ccn2)[c-]c(-c2cccc3c2nc(-c2cc(C(C)(C)C)cc(C(C)(C)C)c2O)n3-c2cc3c(cc2-c2ccccc2)C(C)(C)CCC3(C)C)c1.[Pt]. The van der Waals surface area contributed by atoms with Gasteiger partial charge in [0.2, 0.25) is 0 Å². The fourth-order valence-corrected chi connectivity index (χ4v) is 9.86. The summed E-state index contributed by atoms with van der Waals surface area (Å²) in [6, 6.07) is 49.8. The molecule has 0 atom stereocenters. The number of hydrogen-bond acceptors (Lipinski definition) is 3. The standard InChI is InChI=1S/C62H66N3O.Pt/c1-58(2,3)44-32-42(31-43(33-44)52-34-41(27-30-63-52)39-21-16-14-17-22-39)46-25-20-26-53-55(46)64-57(48-35-45(59(4,5)6)36-51(56(48)66)60(7,8)9)65(53)54-38-50-49(61(10,11)28-29-62(50,12)13)37-47(54)40-23-18-15-19-24-40;/h14-27,30,32-38,66H,28-29H2,1-13H3;/q-1;. The Morgan fingerprint density at radius 1 is 0.552 bits per heavy atom. The summed E-state index contributed by atoms with van der Waals surface area (Å²) in [4.78, 5) is 10.7. The van der Waals surface area contributed by atoms with Crippen molar-refractivity contribution in [2.24, 2.45) is 0 Å². The molecule has 67 heavy (non-hydrogen) atoms. The number of nitrogens with zero attached hydrogens (tertiary/aromatic N) is 3. The first-order chi connectivity index (χ1) is 31.0. The van der Waals surface area contributed by atoms with E-state index in [1.807, 2.05) is 12.3 Å². The molecule has 0 amide bonds. The average Bonchev–Trinajstić information content (AvgIpc) is 3.66. The molecule has 0 saturated carbocycles. The van der Waals surface area contributed by atoms with Crippen LogP contribution in [0.5, 0.6) is 5.75 Å². The van der Waals surface area contributed by atoms with E-state index in [1.165, 1.54) is 16.7 Å². The third-order valence-corrected chi connectivity index (χ3v) is 14.2. The first-order valence-corrected chi connectivity index (χ1v) is 23.8. The maximum absolute atomic E-state index is 12.7. The van der Waals surface area contributed by atoms with E-state index in [0.717, 1.165) is 90.9 Å². The van der Waals surface area contributed by atoms with Crippen molar-refractivity contribution in [2.75, 3.05) is 0 Å². The molecule has 0 bridgehead atoms. The number of aromatic nitrogens is 3. The minimum absolute atomic E-state index is 0. The van der Waals surface area contributed by atoms with E-state index in [1.54, 1.807) is 0 Å². The Bertz CT molecular complexity index is 3140. The molecule has 1 N–H and O–H groups in total. The molecule has 2 aromatic heterocycles. The van der Waals surface area contributed by atoms with Crippen molar-refractivity contribution in [2.45, 2.75) is 130 Å². The topological polar surface area (TPSA) is 50.9 Å². The second kappa shape index (κ2) is 17.2. The first-order valence-electron chi connectivity index (χ1n) is 23.8. The Balaban J connectivity index is 0.00000608. The maximum Gasteiger partial charge on any atom is 0.148 e. The Morgan fingerprint density at radius 3 is 1.75 bits per heavy atom. The number of phenolic OH excluding ortho intramolecular Hbond substituents is 1. The minimum atomic E-state index is -0.330. The van der Waals surface area contributed by atoms with Crippen molar-refractivity contribution >= 4 is 11.0 Å². The molecule has 0 radical (unpaired) electrons. The van der Waals surface area contributed by atoms with Gasteiger partial charge < -0.3 is 5.11 Å². The van der Waals surface area contributed by atoms with Crippen LogP contribution in [-0.4, -0.2) is 19.6 Å². The maximum atomic E-state index is 12.7. The van der Waals surface area contributed by atoms with Crippen LogP contribution in [0.15, 0.2) is 134 Å². The zero-order chi connectivity index (χ0) is 47.1. The number of hydrogen-bond donors (Lipinski definition) is 1. The van der Waals surface area contributed by atoms with Gasteiger partial charge in [-0.05, 0) is 104 Å². The molecule has 0 fully saturated rings. The van der Waals surface area contributed by atoms with E-state index in [-0.39, 0.29) is 53.9 Å². The molecule has 8 aromatic rings. The van der Waals surface area contributed by atoms with Gasteiger partial charge in [0.05, 0.1) is 22.3 Å². The van der Waals surface area contributed by atoms with Crippen molar-refractivity contribution in [3.05, 3.63) is 167 Å². The summed E-state index contributed by atoms with van der Waals surface area (Å²) in [5.41, 5.74) is 17.1. The monoisotopic (exact) mass is 1060 g/mol. The third kappa shape index (κ3) is 9.00. The van der Waals surface area contributed by atoms with Gasteiger partial charge in [0.25, 0.3) is 0 Å². The van der Waals surface area contributed by atoms with Gasteiger partial charge in [0, 0.05) is 44.1 Å².